The number of hydrogen-bond donors (Lipinski definition) is 2. The molecule has 0 aliphatic carbocycles. The summed E-state index contributed by atoms with van der Waals surface area (Å²) in [5.74, 6) is 0.439. The summed E-state index contributed by atoms with van der Waals surface area (Å²) in [7, 11) is 1.31. The van der Waals surface area contributed by atoms with Gasteiger partial charge in [-0.15, -0.1) is 0 Å². The van der Waals surface area contributed by atoms with Gasteiger partial charge in [0.15, 0.2) is 0 Å². The average molecular weight is 328 g/mol. The third-order valence-electron chi connectivity index (χ3n) is 3.71. The van der Waals surface area contributed by atoms with Crippen molar-refractivity contribution in [3.8, 4) is 0 Å². The molecule has 0 saturated carbocycles. The van der Waals surface area contributed by atoms with Crippen LogP contribution in [-0.2, 0) is 9.47 Å². The molecule has 2 aromatic rings. The van der Waals surface area contributed by atoms with E-state index in [9.17, 15) is 4.79 Å². The van der Waals surface area contributed by atoms with Gasteiger partial charge in [-0.05, 0) is 24.3 Å². The Balaban J connectivity index is 1.72. The van der Waals surface area contributed by atoms with E-state index in [0.717, 1.165) is 43.4 Å². The summed E-state index contributed by atoms with van der Waals surface area (Å²) in [4.78, 5) is 17.7. The first kappa shape index (κ1) is 16.1. The van der Waals surface area contributed by atoms with E-state index in [1.165, 1.54) is 7.11 Å². The normalized spacial score (nSPS) is 14.1. The third kappa shape index (κ3) is 3.94. The number of anilines is 4. The highest BCUT2D eigenvalue weighted by atomic mass is 16.5. The molecule has 0 radical (unpaired) electrons. The van der Waals surface area contributed by atoms with Crippen molar-refractivity contribution in [2.45, 2.75) is 0 Å². The maximum absolute atomic E-state index is 11.2. The van der Waals surface area contributed by atoms with Crippen molar-refractivity contribution in [1.29, 1.82) is 0 Å². The highest BCUT2D eigenvalue weighted by Gasteiger charge is 2.14. The van der Waals surface area contributed by atoms with Gasteiger partial charge in [-0.3, -0.25) is 5.32 Å². The second-order valence-electron chi connectivity index (χ2n) is 5.29. The van der Waals surface area contributed by atoms with E-state index < -0.39 is 6.09 Å². The van der Waals surface area contributed by atoms with Crippen LogP contribution in [0.4, 0.5) is 27.7 Å². The van der Waals surface area contributed by atoms with Gasteiger partial charge in [0, 0.05) is 13.1 Å². The summed E-state index contributed by atoms with van der Waals surface area (Å²) in [5.41, 5.74) is 2.98. The van der Waals surface area contributed by atoms with E-state index in [0.29, 0.717) is 5.82 Å². The number of rotatable bonds is 4. The van der Waals surface area contributed by atoms with E-state index in [1.54, 1.807) is 12.3 Å². The SMILES string of the molecule is COC(=O)Nc1ccc(Nc2ccccc2N2CCOCC2)cn1. The van der Waals surface area contributed by atoms with Crippen LogP contribution in [0.1, 0.15) is 0 Å². The molecule has 126 valence electrons. The van der Waals surface area contributed by atoms with Gasteiger partial charge >= 0.3 is 6.09 Å². The van der Waals surface area contributed by atoms with Crippen LogP contribution in [0.2, 0.25) is 0 Å². The fourth-order valence-electron chi connectivity index (χ4n) is 2.51. The molecule has 2 N–H and O–H groups in total. The molecule has 3 rings (SSSR count). The molecule has 7 heteroatoms. The summed E-state index contributed by atoms with van der Waals surface area (Å²) in [6.45, 7) is 3.23. The molecule has 1 aliphatic rings. The third-order valence-corrected chi connectivity index (χ3v) is 3.71. The monoisotopic (exact) mass is 328 g/mol. The molecule has 2 heterocycles. The Morgan fingerprint density at radius 1 is 1.21 bits per heavy atom. The van der Waals surface area contributed by atoms with Crippen molar-refractivity contribution in [2.24, 2.45) is 0 Å². The summed E-state index contributed by atoms with van der Waals surface area (Å²) in [5, 5.41) is 5.90. The van der Waals surface area contributed by atoms with Crippen LogP contribution in [0.25, 0.3) is 0 Å². The van der Waals surface area contributed by atoms with Gasteiger partial charge < -0.3 is 19.7 Å². The van der Waals surface area contributed by atoms with Crippen molar-refractivity contribution in [1.82, 2.24) is 4.98 Å². The zero-order chi connectivity index (χ0) is 16.8. The van der Waals surface area contributed by atoms with Crippen LogP contribution >= 0.6 is 0 Å². The quantitative estimate of drug-likeness (QED) is 0.899. The van der Waals surface area contributed by atoms with Gasteiger partial charge in [-0.25, -0.2) is 9.78 Å². The Labute approximate surface area is 140 Å². The molecular formula is C17H20N4O3. The molecule has 0 unspecified atom stereocenters. The number of aromatic nitrogens is 1. The number of benzene rings is 1. The Kier molecular flexibility index (Phi) is 5.12. The average Bonchev–Trinajstić information content (AvgIpc) is 2.64. The number of pyridine rings is 1. The van der Waals surface area contributed by atoms with Crippen molar-refractivity contribution in [2.75, 3.05) is 48.9 Å². The predicted octanol–water partition coefficient (Wildman–Crippen LogP) is 2.84. The lowest BCUT2D eigenvalue weighted by atomic mass is 10.2. The molecule has 1 aromatic heterocycles. The first-order valence-corrected chi connectivity index (χ1v) is 7.76. The van der Waals surface area contributed by atoms with E-state index >= 15 is 0 Å². The number of hydrogen-bond acceptors (Lipinski definition) is 6. The molecule has 1 amide bonds. The smallest absolute Gasteiger partial charge is 0.412 e. The number of carbonyl (C=O) groups excluding carboxylic acids is 1. The van der Waals surface area contributed by atoms with E-state index in [2.05, 4.69) is 31.3 Å². The van der Waals surface area contributed by atoms with Gasteiger partial charge in [-0.2, -0.15) is 0 Å². The molecule has 1 saturated heterocycles. The van der Waals surface area contributed by atoms with Crippen LogP contribution in [-0.4, -0.2) is 44.5 Å². The lowest BCUT2D eigenvalue weighted by Crippen LogP contribution is -2.36. The zero-order valence-electron chi connectivity index (χ0n) is 13.5. The second-order valence-corrected chi connectivity index (χ2v) is 5.29. The van der Waals surface area contributed by atoms with Crippen LogP contribution in [0.15, 0.2) is 42.6 Å². The topological polar surface area (TPSA) is 75.7 Å². The van der Waals surface area contributed by atoms with Crippen LogP contribution in [0.3, 0.4) is 0 Å². The molecule has 1 aromatic carbocycles. The minimum Gasteiger partial charge on any atom is -0.453 e. The molecule has 0 spiro atoms. The summed E-state index contributed by atoms with van der Waals surface area (Å²) >= 11 is 0. The Morgan fingerprint density at radius 2 is 2.00 bits per heavy atom. The number of nitrogens with zero attached hydrogens (tertiary/aromatic N) is 2. The number of nitrogens with one attached hydrogen (secondary N) is 2. The standard InChI is InChI=1S/C17H20N4O3/c1-23-17(22)20-16-7-6-13(12-18-16)19-14-4-2-3-5-15(14)21-8-10-24-11-9-21/h2-7,12,19H,8-11H2,1H3,(H,18,20,22). The molecule has 7 nitrogen and oxygen atoms in total. The molecule has 1 aliphatic heterocycles. The van der Waals surface area contributed by atoms with Gasteiger partial charge in [0.1, 0.15) is 5.82 Å². The number of amides is 1. The van der Waals surface area contributed by atoms with Gasteiger partial charge in [0.25, 0.3) is 0 Å². The number of ether oxygens (including phenoxy) is 2. The fourth-order valence-corrected chi connectivity index (χ4v) is 2.51. The first-order valence-electron chi connectivity index (χ1n) is 7.76. The Bertz CT molecular complexity index is 684. The number of para-hydroxylation sites is 2. The Hall–Kier alpha value is -2.80. The number of carbonyl (C=O) groups is 1. The molecule has 24 heavy (non-hydrogen) atoms. The van der Waals surface area contributed by atoms with Crippen LogP contribution < -0.4 is 15.5 Å². The maximum Gasteiger partial charge on any atom is 0.412 e. The van der Waals surface area contributed by atoms with E-state index in [-0.39, 0.29) is 0 Å². The lowest BCUT2D eigenvalue weighted by Gasteiger charge is -2.30. The molecular weight excluding hydrogens is 308 g/mol. The van der Waals surface area contributed by atoms with E-state index in [4.69, 9.17) is 4.74 Å². The van der Waals surface area contributed by atoms with Crippen molar-refractivity contribution >= 4 is 29.0 Å². The van der Waals surface area contributed by atoms with Crippen LogP contribution in [0.5, 0.6) is 0 Å². The number of methoxy groups -OCH3 is 1. The highest BCUT2D eigenvalue weighted by Crippen LogP contribution is 2.29. The molecule has 0 atom stereocenters. The number of morpholine rings is 1. The largest absolute Gasteiger partial charge is 0.453 e. The minimum absolute atomic E-state index is 0.439. The minimum atomic E-state index is -0.541. The lowest BCUT2D eigenvalue weighted by molar-refractivity contribution is 0.123. The van der Waals surface area contributed by atoms with E-state index in [1.807, 2.05) is 24.3 Å². The first-order chi connectivity index (χ1) is 11.8. The zero-order valence-corrected chi connectivity index (χ0v) is 13.5. The predicted molar refractivity (Wildman–Crippen MR) is 93.0 cm³/mol. The van der Waals surface area contributed by atoms with Gasteiger partial charge in [0.05, 0.1) is 43.6 Å². The fraction of sp³-hybridized carbons (Fsp3) is 0.294. The van der Waals surface area contributed by atoms with Crippen molar-refractivity contribution in [3.05, 3.63) is 42.6 Å². The van der Waals surface area contributed by atoms with Crippen molar-refractivity contribution in [3.63, 3.8) is 0 Å². The second kappa shape index (κ2) is 7.65. The highest BCUT2D eigenvalue weighted by molar-refractivity contribution is 5.83. The molecule has 1 fully saturated rings. The Morgan fingerprint density at radius 3 is 2.71 bits per heavy atom. The summed E-state index contributed by atoms with van der Waals surface area (Å²) in [6.07, 6.45) is 1.13. The van der Waals surface area contributed by atoms with Gasteiger partial charge in [0.2, 0.25) is 0 Å². The summed E-state index contributed by atoms with van der Waals surface area (Å²) in [6, 6.07) is 11.7. The summed E-state index contributed by atoms with van der Waals surface area (Å²) < 4.78 is 9.96. The van der Waals surface area contributed by atoms with Crippen molar-refractivity contribution < 1.29 is 14.3 Å². The molecule has 0 bridgehead atoms. The van der Waals surface area contributed by atoms with Crippen LogP contribution in [0, 0.1) is 0 Å². The maximum atomic E-state index is 11.2. The van der Waals surface area contributed by atoms with Gasteiger partial charge in [-0.1, -0.05) is 12.1 Å².